The molecular weight excluding hydrogens is 376 g/mol. The molecule has 1 heteroatoms. The number of aromatic hydroxyl groups is 1. The third-order valence-electron chi connectivity index (χ3n) is 7.07. The molecule has 0 aromatic heterocycles. The van der Waals surface area contributed by atoms with Crippen LogP contribution in [-0.4, -0.2) is 5.11 Å². The van der Waals surface area contributed by atoms with Gasteiger partial charge in [-0.3, -0.25) is 0 Å². The van der Waals surface area contributed by atoms with Gasteiger partial charge in [-0.1, -0.05) is 134 Å². The Kier molecular flexibility index (Phi) is 10.6. The Labute approximate surface area is 192 Å². The molecule has 0 bridgehead atoms. The fourth-order valence-corrected chi connectivity index (χ4v) is 4.66. The summed E-state index contributed by atoms with van der Waals surface area (Å²) in [6, 6.07) is 15.1. The summed E-state index contributed by atoms with van der Waals surface area (Å²) >= 11 is 0. The molecule has 1 atom stereocenters. The van der Waals surface area contributed by atoms with Crippen LogP contribution >= 0.6 is 0 Å². The average Bonchev–Trinajstić information content (AvgIpc) is 2.77. The molecule has 0 aliphatic heterocycles. The van der Waals surface area contributed by atoms with Crippen LogP contribution in [0.15, 0.2) is 42.5 Å². The predicted molar refractivity (Wildman–Crippen MR) is 136 cm³/mol. The molecule has 2 rings (SSSR count). The molecule has 172 valence electrons. The number of unbranched alkanes of at least 4 members (excludes halogenated alkanes) is 9. The van der Waals surface area contributed by atoms with Crippen LogP contribution in [0.2, 0.25) is 0 Å². The molecule has 1 nitrogen and oxygen atoms in total. The SMILES string of the molecule is CCCCCCCCCCCCC(C)c1cc(C(C)(C)c2ccccc2)cc(C)c1O. The lowest BCUT2D eigenvalue weighted by Crippen LogP contribution is -2.19. The van der Waals surface area contributed by atoms with Crippen LogP contribution in [0.3, 0.4) is 0 Å². The normalized spacial score (nSPS) is 12.8. The Balaban J connectivity index is 1.89. The second-order valence-electron chi connectivity index (χ2n) is 10.1. The Bertz CT molecular complexity index is 759. The number of hydrogen-bond acceptors (Lipinski definition) is 1. The quantitative estimate of drug-likeness (QED) is 0.300. The number of phenols is 1. The van der Waals surface area contributed by atoms with Crippen molar-refractivity contribution in [1.29, 1.82) is 0 Å². The first-order valence-corrected chi connectivity index (χ1v) is 12.8. The molecule has 2 aromatic rings. The highest BCUT2D eigenvalue weighted by Crippen LogP contribution is 2.39. The highest BCUT2D eigenvalue weighted by molar-refractivity contribution is 5.49. The van der Waals surface area contributed by atoms with Crippen molar-refractivity contribution in [3.05, 3.63) is 64.7 Å². The third-order valence-corrected chi connectivity index (χ3v) is 7.07. The molecule has 0 saturated carbocycles. The number of benzene rings is 2. The van der Waals surface area contributed by atoms with Gasteiger partial charge >= 0.3 is 0 Å². The zero-order valence-corrected chi connectivity index (χ0v) is 20.8. The van der Waals surface area contributed by atoms with Gasteiger partial charge in [0, 0.05) is 5.41 Å². The minimum absolute atomic E-state index is 0.0781. The molecule has 0 fully saturated rings. The first-order valence-electron chi connectivity index (χ1n) is 12.8. The van der Waals surface area contributed by atoms with Gasteiger partial charge in [0.2, 0.25) is 0 Å². The summed E-state index contributed by atoms with van der Waals surface area (Å²) in [5.74, 6) is 0.881. The van der Waals surface area contributed by atoms with Gasteiger partial charge in [0.1, 0.15) is 5.75 Å². The molecule has 0 heterocycles. The standard InChI is InChI=1S/C30H46O/c1-6-7-8-9-10-11-12-13-14-16-19-24(2)28-23-27(22-25(3)29(28)31)30(4,5)26-20-17-15-18-21-26/h15,17-18,20-24,31H,6-14,16,19H2,1-5H3. The van der Waals surface area contributed by atoms with E-state index in [0.29, 0.717) is 11.7 Å². The Morgan fingerprint density at radius 1 is 0.774 bits per heavy atom. The largest absolute Gasteiger partial charge is 0.507 e. The smallest absolute Gasteiger partial charge is 0.121 e. The predicted octanol–water partition coefficient (Wildman–Crippen LogP) is 9.44. The van der Waals surface area contributed by atoms with Crippen LogP contribution < -0.4 is 0 Å². The first kappa shape index (κ1) is 25.5. The molecule has 0 spiro atoms. The lowest BCUT2D eigenvalue weighted by atomic mass is 9.76. The number of aryl methyl sites for hydroxylation is 1. The summed E-state index contributed by atoms with van der Waals surface area (Å²) in [5, 5.41) is 10.8. The third kappa shape index (κ3) is 7.70. The first-order chi connectivity index (χ1) is 14.9. The summed E-state index contributed by atoms with van der Waals surface area (Å²) in [6.45, 7) is 11.2. The topological polar surface area (TPSA) is 20.2 Å². The van der Waals surface area contributed by atoms with Crippen molar-refractivity contribution in [3.63, 3.8) is 0 Å². The van der Waals surface area contributed by atoms with Gasteiger partial charge < -0.3 is 5.11 Å². The van der Waals surface area contributed by atoms with Gasteiger partial charge in [-0.05, 0) is 41.5 Å². The highest BCUT2D eigenvalue weighted by atomic mass is 16.3. The number of hydrogen-bond donors (Lipinski definition) is 1. The van der Waals surface area contributed by atoms with E-state index >= 15 is 0 Å². The van der Waals surface area contributed by atoms with Crippen LogP contribution in [-0.2, 0) is 5.41 Å². The van der Waals surface area contributed by atoms with Gasteiger partial charge in [0.05, 0.1) is 0 Å². The van der Waals surface area contributed by atoms with Gasteiger partial charge in [-0.25, -0.2) is 0 Å². The minimum Gasteiger partial charge on any atom is -0.507 e. The monoisotopic (exact) mass is 422 g/mol. The second-order valence-corrected chi connectivity index (χ2v) is 10.1. The molecule has 31 heavy (non-hydrogen) atoms. The molecule has 1 N–H and O–H groups in total. The fraction of sp³-hybridized carbons (Fsp3) is 0.600. The molecule has 0 aliphatic rings. The molecule has 0 aliphatic carbocycles. The van der Waals surface area contributed by atoms with Crippen LogP contribution in [0, 0.1) is 6.92 Å². The molecule has 0 amide bonds. The molecule has 0 saturated heterocycles. The Morgan fingerprint density at radius 2 is 1.32 bits per heavy atom. The molecule has 0 radical (unpaired) electrons. The molecular formula is C30H46O. The van der Waals surface area contributed by atoms with E-state index in [1.165, 1.54) is 75.3 Å². The van der Waals surface area contributed by atoms with Crippen molar-refractivity contribution < 1.29 is 5.11 Å². The minimum atomic E-state index is -0.0781. The zero-order valence-electron chi connectivity index (χ0n) is 20.8. The maximum Gasteiger partial charge on any atom is 0.121 e. The van der Waals surface area contributed by atoms with E-state index in [2.05, 4.69) is 70.2 Å². The van der Waals surface area contributed by atoms with E-state index in [9.17, 15) is 5.11 Å². The van der Waals surface area contributed by atoms with Crippen molar-refractivity contribution in [2.45, 2.75) is 117 Å². The van der Waals surface area contributed by atoms with Gasteiger partial charge in [0.25, 0.3) is 0 Å². The Morgan fingerprint density at radius 3 is 1.90 bits per heavy atom. The van der Waals surface area contributed by atoms with Crippen molar-refractivity contribution in [3.8, 4) is 5.75 Å². The second kappa shape index (κ2) is 12.9. The van der Waals surface area contributed by atoms with Crippen molar-refractivity contribution in [1.82, 2.24) is 0 Å². The lowest BCUT2D eigenvalue weighted by Gasteiger charge is -2.28. The Hall–Kier alpha value is -1.76. The van der Waals surface area contributed by atoms with Crippen LogP contribution in [0.25, 0.3) is 0 Å². The highest BCUT2D eigenvalue weighted by Gasteiger charge is 2.25. The van der Waals surface area contributed by atoms with Crippen LogP contribution in [0.4, 0.5) is 0 Å². The summed E-state index contributed by atoms with van der Waals surface area (Å²) in [5.41, 5.74) is 4.64. The van der Waals surface area contributed by atoms with E-state index in [1.807, 2.05) is 6.92 Å². The number of rotatable bonds is 14. The van der Waals surface area contributed by atoms with E-state index in [0.717, 1.165) is 17.5 Å². The van der Waals surface area contributed by atoms with Gasteiger partial charge in [-0.15, -0.1) is 0 Å². The van der Waals surface area contributed by atoms with Gasteiger partial charge in [0.15, 0.2) is 0 Å². The summed E-state index contributed by atoms with van der Waals surface area (Å²) in [7, 11) is 0. The zero-order chi connectivity index (χ0) is 22.7. The van der Waals surface area contributed by atoms with Crippen molar-refractivity contribution in [2.75, 3.05) is 0 Å². The average molecular weight is 423 g/mol. The van der Waals surface area contributed by atoms with E-state index < -0.39 is 0 Å². The maximum absolute atomic E-state index is 10.8. The van der Waals surface area contributed by atoms with Crippen LogP contribution in [0.1, 0.15) is 126 Å². The van der Waals surface area contributed by atoms with Crippen LogP contribution in [0.5, 0.6) is 5.75 Å². The van der Waals surface area contributed by atoms with E-state index in [1.54, 1.807) is 0 Å². The summed E-state index contributed by atoms with van der Waals surface area (Å²) in [4.78, 5) is 0. The van der Waals surface area contributed by atoms with E-state index in [-0.39, 0.29) is 5.41 Å². The van der Waals surface area contributed by atoms with E-state index in [4.69, 9.17) is 0 Å². The summed E-state index contributed by atoms with van der Waals surface area (Å²) < 4.78 is 0. The van der Waals surface area contributed by atoms with Gasteiger partial charge in [-0.2, -0.15) is 0 Å². The summed E-state index contributed by atoms with van der Waals surface area (Å²) in [6.07, 6.45) is 14.8. The maximum atomic E-state index is 10.8. The number of phenolic OH excluding ortho intramolecular Hbond substituents is 1. The van der Waals surface area contributed by atoms with Crippen molar-refractivity contribution in [2.24, 2.45) is 0 Å². The fourth-order valence-electron chi connectivity index (χ4n) is 4.66. The lowest BCUT2D eigenvalue weighted by molar-refractivity contribution is 0.451. The molecule has 2 aromatic carbocycles. The molecule has 1 unspecified atom stereocenters. The van der Waals surface area contributed by atoms with Crippen molar-refractivity contribution >= 4 is 0 Å².